The topological polar surface area (TPSA) is 84.3 Å². The predicted octanol–water partition coefficient (Wildman–Crippen LogP) is 3.60. The summed E-state index contributed by atoms with van der Waals surface area (Å²) in [7, 11) is 0.929. The number of hydrogen-bond acceptors (Lipinski definition) is 6. The molecule has 2 N–H and O–H groups in total. The average molecular weight is 435 g/mol. The third-order valence-electron chi connectivity index (χ3n) is 7.06. The molecule has 3 aliphatic rings. The number of halogens is 5. The molecule has 166 valence electrons. The predicted molar refractivity (Wildman–Crippen MR) is 94.2 cm³/mol. The van der Waals surface area contributed by atoms with Crippen molar-refractivity contribution in [3.8, 4) is 0 Å². The Morgan fingerprint density at radius 1 is 1.27 bits per heavy atom. The summed E-state index contributed by atoms with van der Waals surface area (Å²) in [6.07, 6.45) is -3.35. The zero-order valence-electron chi connectivity index (χ0n) is 16.3. The molecule has 6 nitrogen and oxygen atoms in total. The fraction of sp³-hybridized carbons (Fsp3) is 0.737. The number of aliphatic hydroxyl groups excluding tert-OH is 1. The lowest BCUT2D eigenvalue weighted by Gasteiger charge is -2.70. The van der Waals surface area contributed by atoms with Crippen LogP contribution in [0.4, 0.5) is 27.9 Å². The van der Waals surface area contributed by atoms with Crippen LogP contribution in [0.25, 0.3) is 0 Å². The molecule has 4 atom stereocenters. The van der Waals surface area contributed by atoms with Crippen LogP contribution in [0.15, 0.2) is 6.20 Å². The number of hydrogen-bond donors (Lipinski definition) is 2. The van der Waals surface area contributed by atoms with Crippen LogP contribution in [0.2, 0.25) is 0 Å². The first-order chi connectivity index (χ1) is 13.9. The third kappa shape index (κ3) is 2.80. The van der Waals surface area contributed by atoms with E-state index in [1.54, 1.807) is 0 Å². The van der Waals surface area contributed by atoms with Gasteiger partial charge in [0.2, 0.25) is 5.95 Å². The lowest BCUT2D eigenvalue weighted by atomic mass is 9.39. The summed E-state index contributed by atoms with van der Waals surface area (Å²) >= 11 is 0. The average Bonchev–Trinajstić information content (AvgIpc) is 2.92. The summed E-state index contributed by atoms with van der Waals surface area (Å²) in [5, 5.41) is 11.9. The molecule has 0 amide bonds. The number of aromatic nitrogens is 2. The van der Waals surface area contributed by atoms with Gasteiger partial charge in [0.05, 0.1) is 12.6 Å². The number of nitrogens with zero attached hydrogens (tertiary/aromatic N) is 2. The van der Waals surface area contributed by atoms with Crippen molar-refractivity contribution in [2.45, 2.75) is 68.0 Å². The summed E-state index contributed by atoms with van der Waals surface area (Å²) in [5.41, 5.74) is -8.38. The van der Waals surface area contributed by atoms with Gasteiger partial charge in [0.1, 0.15) is 16.9 Å². The van der Waals surface area contributed by atoms with Crippen molar-refractivity contribution in [3.63, 3.8) is 0 Å². The second-order valence-corrected chi connectivity index (χ2v) is 8.74. The largest absolute Gasteiger partial charge is 0.465 e. The van der Waals surface area contributed by atoms with E-state index in [-0.39, 0.29) is 32.1 Å². The molecule has 4 unspecified atom stereocenters. The molecule has 1 aromatic heterocycles. The highest BCUT2D eigenvalue weighted by molar-refractivity contribution is 5.90. The lowest BCUT2D eigenvalue weighted by Crippen LogP contribution is -2.80. The van der Waals surface area contributed by atoms with Gasteiger partial charge in [-0.3, -0.25) is 0 Å². The van der Waals surface area contributed by atoms with E-state index in [4.69, 9.17) is 0 Å². The van der Waals surface area contributed by atoms with Crippen LogP contribution in [0, 0.1) is 5.41 Å². The maximum absolute atomic E-state index is 16.1. The summed E-state index contributed by atoms with van der Waals surface area (Å²) < 4.78 is 76.2. The molecule has 11 heteroatoms. The van der Waals surface area contributed by atoms with Gasteiger partial charge >= 0.3 is 12.1 Å². The number of carbonyl (C=O) groups excluding carboxylic acids is 1. The van der Waals surface area contributed by atoms with Gasteiger partial charge in [-0.2, -0.15) is 13.2 Å². The first-order valence-electron chi connectivity index (χ1n) is 9.73. The summed E-state index contributed by atoms with van der Waals surface area (Å²) in [5.74, 6) is -1.78. The number of anilines is 1. The number of esters is 1. The van der Waals surface area contributed by atoms with Crippen LogP contribution < -0.4 is 5.32 Å². The van der Waals surface area contributed by atoms with E-state index < -0.39 is 58.2 Å². The van der Waals surface area contributed by atoms with Gasteiger partial charge in [-0.05, 0) is 32.1 Å². The van der Waals surface area contributed by atoms with Gasteiger partial charge in [0, 0.05) is 31.1 Å². The second-order valence-electron chi connectivity index (χ2n) is 8.74. The highest BCUT2D eigenvalue weighted by Crippen LogP contribution is 2.76. The van der Waals surface area contributed by atoms with E-state index in [0.717, 1.165) is 7.11 Å². The molecular weight excluding hydrogens is 413 g/mol. The Morgan fingerprint density at radius 2 is 2.00 bits per heavy atom. The van der Waals surface area contributed by atoms with Crippen LogP contribution in [0.1, 0.15) is 61.0 Å². The molecule has 0 radical (unpaired) electrons. The molecule has 4 rings (SSSR count). The first kappa shape index (κ1) is 21.2. The lowest BCUT2D eigenvalue weighted by molar-refractivity contribution is -0.226. The van der Waals surface area contributed by atoms with Crippen molar-refractivity contribution in [1.29, 1.82) is 0 Å². The minimum atomic E-state index is -4.97. The monoisotopic (exact) mass is 435 g/mol. The fourth-order valence-corrected chi connectivity index (χ4v) is 6.12. The van der Waals surface area contributed by atoms with Crippen molar-refractivity contribution in [1.82, 2.24) is 9.97 Å². The Bertz CT molecular complexity index is 883. The van der Waals surface area contributed by atoms with Gasteiger partial charge in [0.15, 0.2) is 5.69 Å². The highest BCUT2D eigenvalue weighted by Gasteiger charge is 2.82. The summed E-state index contributed by atoms with van der Waals surface area (Å²) in [6, 6.07) is 0. The van der Waals surface area contributed by atoms with Crippen LogP contribution >= 0.6 is 0 Å². The number of nitrogens with one attached hydrogen (secondary N) is 1. The standard InChI is InChI=1S/C19H22F5N3O3/c1-30-13(29)11-7-25-14(26-12(11)19(22,23)24)27-17-9-15(3-2-4-18(15,17)21)8-16(20,10-17)5-6-28/h7,28H,2-6,8-10H2,1H3,(H,25,26,27). The number of aliphatic hydroxyl groups is 1. The van der Waals surface area contributed by atoms with E-state index in [1.807, 2.05) is 0 Å². The Hall–Kier alpha value is -2.04. The van der Waals surface area contributed by atoms with Crippen LogP contribution in [-0.4, -0.2) is 51.6 Å². The minimum Gasteiger partial charge on any atom is -0.465 e. The molecule has 0 spiro atoms. The molecule has 0 saturated heterocycles. The molecular formula is C19H22F5N3O3. The SMILES string of the molecule is COC(=O)c1cnc(NC23CC(F)(CCO)CC4(CCCC42F)C3)nc1C(F)(F)F. The van der Waals surface area contributed by atoms with Crippen molar-refractivity contribution < 1.29 is 36.6 Å². The maximum Gasteiger partial charge on any atom is 0.434 e. The van der Waals surface area contributed by atoms with Crippen molar-refractivity contribution in [3.05, 3.63) is 17.5 Å². The quantitative estimate of drug-likeness (QED) is 0.543. The minimum absolute atomic E-state index is 0.0174. The van der Waals surface area contributed by atoms with Crippen LogP contribution in [0.5, 0.6) is 0 Å². The second kappa shape index (κ2) is 6.48. The van der Waals surface area contributed by atoms with Gasteiger partial charge in [0.25, 0.3) is 0 Å². The number of methoxy groups -OCH3 is 1. The zero-order chi connectivity index (χ0) is 22.0. The van der Waals surface area contributed by atoms with E-state index in [1.165, 1.54) is 0 Å². The first-order valence-corrected chi connectivity index (χ1v) is 9.73. The number of carbonyl (C=O) groups is 1. The van der Waals surface area contributed by atoms with Crippen LogP contribution in [0.3, 0.4) is 0 Å². The molecule has 3 fully saturated rings. The smallest absolute Gasteiger partial charge is 0.434 e. The van der Waals surface area contributed by atoms with Crippen LogP contribution in [-0.2, 0) is 10.9 Å². The van der Waals surface area contributed by atoms with Gasteiger partial charge in [-0.25, -0.2) is 23.5 Å². The van der Waals surface area contributed by atoms with Crippen molar-refractivity contribution in [2.24, 2.45) is 5.41 Å². The molecule has 3 aliphatic carbocycles. The molecule has 1 aromatic rings. The Kier molecular flexibility index (Phi) is 4.58. The Morgan fingerprint density at radius 3 is 2.63 bits per heavy atom. The molecule has 3 saturated carbocycles. The van der Waals surface area contributed by atoms with E-state index in [2.05, 4.69) is 20.0 Å². The van der Waals surface area contributed by atoms with E-state index >= 15 is 8.78 Å². The molecule has 2 bridgehead atoms. The zero-order valence-corrected chi connectivity index (χ0v) is 16.3. The van der Waals surface area contributed by atoms with E-state index in [9.17, 15) is 23.1 Å². The van der Waals surface area contributed by atoms with Gasteiger partial charge in [-0.15, -0.1) is 0 Å². The number of alkyl halides is 5. The Balaban J connectivity index is 1.72. The van der Waals surface area contributed by atoms with Crippen molar-refractivity contribution >= 4 is 11.9 Å². The normalized spacial score (nSPS) is 37.3. The molecule has 30 heavy (non-hydrogen) atoms. The van der Waals surface area contributed by atoms with Gasteiger partial charge < -0.3 is 15.2 Å². The maximum atomic E-state index is 16.1. The summed E-state index contributed by atoms with van der Waals surface area (Å²) in [6.45, 7) is -0.412. The third-order valence-corrected chi connectivity index (χ3v) is 7.06. The fourth-order valence-electron chi connectivity index (χ4n) is 6.12. The van der Waals surface area contributed by atoms with E-state index in [0.29, 0.717) is 19.0 Å². The summed E-state index contributed by atoms with van der Waals surface area (Å²) in [4.78, 5) is 18.8. The number of ether oxygens (including phenoxy) is 1. The molecule has 1 heterocycles. The Labute approximate surface area is 169 Å². The van der Waals surface area contributed by atoms with Crippen molar-refractivity contribution in [2.75, 3.05) is 19.0 Å². The highest BCUT2D eigenvalue weighted by atomic mass is 19.4. The molecule has 0 aromatic carbocycles. The number of rotatable bonds is 5. The van der Waals surface area contributed by atoms with Gasteiger partial charge in [-0.1, -0.05) is 0 Å². The molecule has 0 aliphatic heterocycles.